The van der Waals surface area contributed by atoms with Gasteiger partial charge in [-0.3, -0.25) is 0 Å². The number of aromatic hydroxyl groups is 1. The van der Waals surface area contributed by atoms with Crippen molar-refractivity contribution in [2.45, 2.75) is 91.4 Å². The lowest BCUT2D eigenvalue weighted by molar-refractivity contribution is 0.0127. The second-order valence-electron chi connectivity index (χ2n) is 8.38. The smallest absolute Gasteiger partial charge is 0.115 e. The lowest BCUT2D eigenvalue weighted by Gasteiger charge is -2.50. The maximum absolute atomic E-state index is 9.52. The molecule has 1 aromatic rings. The molecule has 1 aliphatic carbocycles. The highest BCUT2D eigenvalue weighted by atomic mass is 16.3. The number of benzene rings is 1. The van der Waals surface area contributed by atoms with Gasteiger partial charge in [-0.15, -0.1) is 0 Å². The molecule has 1 aliphatic rings. The standard InChI is InChI=1S/C22H36O/c1-4-5-6-8-15-22(16-9-7-10-17-22)21(2,3)18-19-11-13-20(23)14-12-19/h11-14,23H,4-10,15-18H2,1-3H3. The second-order valence-corrected chi connectivity index (χ2v) is 8.38. The molecule has 0 amide bonds. The first-order valence-electron chi connectivity index (χ1n) is 9.77. The molecule has 1 N–H and O–H groups in total. The SMILES string of the molecule is CCCCCCC1(C(C)(C)Cc2ccc(O)cc2)CCCCC1. The van der Waals surface area contributed by atoms with Crippen LogP contribution in [0.5, 0.6) is 5.75 Å². The van der Waals surface area contributed by atoms with Crippen LogP contribution in [0, 0.1) is 10.8 Å². The highest BCUT2D eigenvalue weighted by molar-refractivity contribution is 5.27. The molecule has 0 aromatic heterocycles. The number of phenolic OH excluding ortho intramolecular Hbond substituents is 1. The number of hydrogen-bond donors (Lipinski definition) is 1. The van der Waals surface area contributed by atoms with Gasteiger partial charge in [0.1, 0.15) is 5.75 Å². The molecule has 1 saturated carbocycles. The molecule has 0 saturated heterocycles. The minimum Gasteiger partial charge on any atom is -0.508 e. The molecule has 0 spiro atoms. The van der Waals surface area contributed by atoms with Gasteiger partial charge in [0.25, 0.3) is 0 Å². The summed E-state index contributed by atoms with van der Waals surface area (Å²) in [7, 11) is 0. The minimum absolute atomic E-state index is 0.330. The Balaban J connectivity index is 2.09. The Kier molecular flexibility index (Phi) is 6.56. The van der Waals surface area contributed by atoms with Crippen molar-refractivity contribution in [1.82, 2.24) is 0 Å². The van der Waals surface area contributed by atoms with Crippen LogP contribution < -0.4 is 0 Å². The fourth-order valence-electron chi connectivity index (χ4n) is 4.70. The normalized spacial score (nSPS) is 18.0. The highest BCUT2D eigenvalue weighted by Gasteiger charge is 2.44. The van der Waals surface area contributed by atoms with Crippen LogP contribution in [-0.4, -0.2) is 5.11 Å². The third-order valence-electron chi connectivity index (χ3n) is 6.34. The average molecular weight is 317 g/mol. The molecule has 0 heterocycles. The van der Waals surface area contributed by atoms with Gasteiger partial charge in [-0.25, -0.2) is 0 Å². The minimum atomic E-state index is 0.330. The Morgan fingerprint density at radius 2 is 1.61 bits per heavy atom. The van der Waals surface area contributed by atoms with E-state index in [9.17, 15) is 5.11 Å². The van der Waals surface area contributed by atoms with Gasteiger partial charge in [-0.1, -0.05) is 77.8 Å². The number of hydrogen-bond acceptors (Lipinski definition) is 1. The molecule has 0 atom stereocenters. The van der Waals surface area contributed by atoms with E-state index in [-0.39, 0.29) is 0 Å². The summed E-state index contributed by atoms with van der Waals surface area (Å²) in [5.41, 5.74) is 2.21. The van der Waals surface area contributed by atoms with Gasteiger partial charge in [0, 0.05) is 0 Å². The summed E-state index contributed by atoms with van der Waals surface area (Å²) in [6.07, 6.45) is 15.1. The third kappa shape index (κ3) is 4.75. The van der Waals surface area contributed by atoms with Gasteiger partial charge in [0.2, 0.25) is 0 Å². The fraction of sp³-hybridized carbons (Fsp3) is 0.727. The largest absolute Gasteiger partial charge is 0.508 e. The van der Waals surface area contributed by atoms with Crippen LogP contribution in [0.4, 0.5) is 0 Å². The Hall–Kier alpha value is -0.980. The zero-order valence-electron chi connectivity index (χ0n) is 15.5. The summed E-state index contributed by atoms with van der Waals surface area (Å²) in [4.78, 5) is 0. The molecule has 1 nitrogen and oxygen atoms in total. The molecule has 0 aliphatic heterocycles. The summed E-state index contributed by atoms with van der Waals surface area (Å²) >= 11 is 0. The Morgan fingerprint density at radius 1 is 0.957 bits per heavy atom. The van der Waals surface area contributed by atoms with E-state index in [0.29, 0.717) is 16.6 Å². The first kappa shape index (κ1) is 18.4. The summed E-state index contributed by atoms with van der Waals surface area (Å²) in [6.45, 7) is 7.28. The Labute approximate surface area is 143 Å². The van der Waals surface area contributed by atoms with Crippen molar-refractivity contribution in [3.8, 4) is 5.75 Å². The van der Waals surface area contributed by atoms with Crippen LogP contribution in [-0.2, 0) is 6.42 Å². The number of unbranched alkanes of at least 4 members (excludes halogenated alkanes) is 3. The fourth-order valence-corrected chi connectivity index (χ4v) is 4.70. The zero-order valence-corrected chi connectivity index (χ0v) is 15.5. The lowest BCUT2D eigenvalue weighted by atomic mass is 9.55. The van der Waals surface area contributed by atoms with Gasteiger partial charge in [-0.2, -0.15) is 0 Å². The Bertz CT molecular complexity index is 451. The van der Waals surface area contributed by atoms with Crippen LogP contribution in [0.1, 0.15) is 90.5 Å². The summed E-state index contributed by atoms with van der Waals surface area (Å²) in [6, 6.07) is 7.87. The van der Waals surface area contributed by atoms with Crippen molar-refractivity contribution in [3.63, 3.8) is 0 Å². The summed E-state index contributed by atoms with van der Waals surface area (Å²) in [5.74, 6) is 0.374. The molecule has 0 bridgehead atoms. The average Bonchev–Trinajstić information content (AvgIpc) is 2.54. The van der Waals surface area contributed by atoms with Crippen LogP contribution in [0.3, 0.4) is 0 Å². The molecule has 2 rings (SSSR count). The van der Waals surface area contributed by atoms with E-state index in [0.717, 1.165) is 6.42 Å². The quantitative estimate of drug-likeness (QED) is 0.518. The van der Waals surface area contributed by atoms with Crippen LogP contribution in [0.2, 0.25) is 0 Å². The van der Waals surface area contributed by atoms with E-state index < -0.39 is 0 Å². The van der Waals surface area contributed by atoms with Gasteiger partial charge < -0.3 is 5.11 Å². The first-order valence-corrected chi connectivity index (χ1v) is 9.77. The second kappa shape index (κ2) is 8.22. The van der Waals surface area contributed by atoms with E-state index >= 15 is 0 Å². The van der Waals surface area contributed by atoms with Gasteiger partial charge in [0.15, 0.2) is 0 Å². The summed E-state index contributed by atoms with van der Waals surface area (Å²) < 4.78 is 0. The molecule has 0 radical (unpaired) electrons. The van der Waals surface area contributed by atoms with Crippen LogP contribution >= 0.6 is 0 Å². The molecular weight excluding hydrogens is 280 g/mol. The Morgan fingerprint density at radius 3 is 2.22 bits per heavy atom. The van der Waals surface area contributed by atoms with E-state index in [1.165, 1.54) is 69.8 Å². The van der Waals surface area contributed by atoms with Gasteiger partial charge in [0.05, 0.1) is 0 Å². The maximum atomic E-state index is 9.52. The third-order valence-corrected chi connectivity index (χ3v) is 6.34. The van der Waals surface area contributed by atoms with Crippen molar-refractivity contribution in [3.05, 3.63) is 29.8 Å². The monoisotopic (exact) mass is 316 g/mol. The molecule has 1 heteroatoms. The molecule has 1 fully saturated rings. The molecule has 1 aromatic carbocycles. The molecule has 23 heavy (non-hydrogen) atoms. The number of phenols is 1. The van der Waals surface area contributed by atoms with Crippen LogP contribution in [0.25, 0.3) is 0 Å². The molecule has 130 valence electrons. The zero-order chi connectivity index (χ0) is 16.8. The predicted octanol–water partition coefficient (Wildman–Crippen LogP) is 6.88. The van der Waals surface area contributed by atoms with E-state index in [2.05, 4.69) is 32.9 Å². The van der Waals surface area contributed by atoms with Crippen molar-refractivity contribution in [2.24, 2.45) is 10.8 Å². The van der Waals surface area contributed by atoms with E-state index in [4.69, 9.17) is 0 Å². The summed E-state index contributed by atoms with van der Waals surface area (Å²) in [5, 5.41) is 9.52. The van der Waals surface area contributed by atoms with Crippen molar-refractivity contribution < 1.29 is 5.11 Å². The van der Waals surface area contributed by atoms with Crippen molar-refractivity contribution in [2.75, 3.05) is 0 Å². The van der Waals surface area contributed by atoms with Gasteiger partial charge >= 0.3 is 0 Å². The van der Waals surface area contributed by atoms with Crippen molar-refractivity contribution >= 4 is 0 Å². The van der Waals surface area contributed by atoms with E-state index in [1.54, 1.807) is 0 Å². The lowest BCUT2D eigenvalue weighted by Crippen LogP contribution is -2.41. The van der Waals surface area contributed by atoms with Gasteiger partial charge in [-0.05, 0) is 54.2 Å². The molecular formula is C22H36O. The highest BCUT2D eigenvalue weighted by Crippen LogP contribution is 2.54. The topological polar surface area (TPSA) is 20.2 Å². The first-order chi connectivity index (χ1) is 11.0. The van der Waals surface area contributed by atoms with Crippen LogP contribution in [0.15, 0.2) is 24.3 Å². The molecule has 0 unspecified atom stereocenters. The maximum Gasteiger partial charge on any atom is 0.115 e. The van der Waals surface area contributed by atoms with Crippen molar-refractivity contribution in [1.29, 1.82) is 0 Å². The predicted molar refractivity (Wildman–Crippen MR) is 99.9 cm³/mol. The number of rotatable bonds is 8. The van der Waals surface area contributed by atoms with E-state index in [1.807, 2.05) is 12.1 Å².